The Balaban J connectivity index is 1.35. The topological polar surface area (TPSA) is 63.2 Å². The Labute approximate surface area is 164 Å². The van der Waals surface area contributed by atoms with Crippen LogP contribution in [0.4, 0.5) is 0 Å². The van der Waals surface area contributed by atoms with Crippen LogP contribution < -0.4 is 0 Å². The highest BCUT2D eigenvalue weighted by Gasteiger charge is 2.34. The highest BCUT2D eigenvalue weighted by molar-refractivity contribution is 7.99. The number of fused-ring (bicyclic) bond motifs is 4. The van der Waals surface area contributed by atoms with E-state index >= 15 is 0 Å². The molecule has 1 aliphatic carbocycles. The summed E-state index contributed by atoms with van der Waals surface area (Å²) in [5, 5.41) is 2.15. The number of aryl methyl sites for hydroxylation is 2. The summed E-state index contributed by atoms with van der Waals surface area (Å²) in [6.07, 6.45) is 6.31. The van der Waals surface area contributed by atoms with Crippen molar-refractivity contribution < 1.29 is 9.59 Å². The van der Waals surface area contributed by atoms with Crippen LogP contribution in [0.25, 0.3) is 10.2 Å². The first kappa shape index (κ1) is 16.9. The Morgan fingerprint density at radius 1 is 1.04 bits per heavy atom. The third kappa shape index (κ3) is 2.76. The first-order valence-electron chi connectivity index (χ1n) is 9.07. The lowest BCUT2D eigenvalue weighted by atomic mass is 9.97. The molecule has 136 valence electrons. The normalized spacial score (nSPS) is 16.1. The van der Waals surface area contributed by atoms with Gasteiger partial charge in [-0.15, -0.1) is 23.1 Å². The third-order valence-corrected chi connectivity index (χ3v) is 7.32. The largest absolute Gasteiger partial charge is 0.273 e. The number of thioether (sulfide) groups is 1. The van der Waals surface area contributed by atoms with E-state index in [2.05, 4.69) is 9.97 Å². The molecule has 7 heteroatoms. The van der Waals surface area contributed by atoms with Crippen molar-refractivity contribution in [1.82, 2.24) is 14.9 Å². The molecule has 1 aromatic carbocycles. The molecule has 0 radical (unpaired) electrons. The Hall–Kier alpha value is -2.25. The molecule has 5 rings (SSSR count). The molecular weight excluding hydrogens is 378 g/mol. The molecular formula is C20H17N3O2S2. The van der Waals surface area contributed by atoms with Crippen molar-refractivity contribution in [2.24, 2.45) is 0 Å². The fraction of sp³-hybridized carbons (Fsp3) is 0.300. The first-order chi connectivity index (χ1) is 13.2. The number of rotatable bonds is 4. The van der Waals surface area contributed by atoms with Gasteiger partial charge in [0.1, 0.15) is 16.2 Å². The number of nitrogens with zero attached hydrogens (tertiary/aromatic N) is 3. The van der Waals surface area contributed by atoms with Crippen LogP contribution in [0.15, 0.2) is 35.6 Å². The molecule has 2 aliphatic rings. The Kier molecular flexibility index (Phi) is 4.21. The molecule has 0 saturated heterocycles. The number of benzene rings is 1. The number of aromatic nitrogens is 2. The van der Waals surface area contributed by atoms with Crippen molar-refractivity contribution in [2.75, 3.05) is 12.3 Å². The average molecular weight is 396 g/mol. The van der Waals surface area contributed by atoms with Gasteiger partial charge in [-0.3, -0.25) is 14.5 Å². The highest BCUT2D eigenvalue weighted by atomic mass is 32.2. The molecule has 0 saturated carbocycles. The van der Waals surface area contributed by atoms with Crippen LogP contribution in [0.5, 0.6) is 0 Å². The minimum absolute atomic E-state index is 0.197. The lowest BCUT2D eigenvalue weighted by molar-refractivity contribution is 0.0664. The lowest BCUT2D eigenvalue weighted by Crippen LogP contribution is -2.31. The quantitative estimate of drug-likeness (QED) is 0.380. The SMILES string of the molecule is O=C1c2ccccc2C(=O)N1CCSc1ncnc2sc3c(c12)CCCC3. The van der Waals surface area contributed by atoms with E-state index < -0.39 is 0 Å². The Morgan fingerprint density at radius 2 is 1.78 bits per heavy atom. The van der Waals surface area contributed by atoms with E-state index in [9.17, 15) is 9.59 Å². The molecule has 0 unspecified atom stereocenters. The predicted octanol–water partition coefficient (Wildman–Crippen LogP) is 3.96. The Morgan fingerprint density at radius 3 is 2.56 bits per heavy atom. The number of carbonyl (C=O) groups is 2. The minimum atomic E-state index is -0.197. The third-order valence-electron chi connectivity index (χ3n) is 5.15. The van der Waals surface area contributed by atoms with Crippen molar-refractivity contribution in [1.29, 1.82) is 0 Å². The standard InChI is InChI=1S/C20H17N3O2S2/c24-19-12-5-1-2-6-13(12)20(25)23(19)9-10-26-17-16-14-7-3-4-8-15(14)27-18(16)22-11-21-17/h1-2,5-6,11H,3-4,7-10H2. The minimum Gasteiger partial charge on any atom is -0.273 e. The molecule has 0 bridgehead atoms. The van der Waals surface area contributed by atoms with E-state index in [1.807, 2.05) is 0 Å². The number of thiophene rings is 1. The van der Waals surface area contributed by atoms with Gasteiger partial charge in [-0.1, -0.05) is 12.1 Å². The summed E-state index contributed by atoms with van der Waals surface area (Å²) < 4.78 is 0. The summed E-state index contributed by atoms with van der Waals surface area (Å²) in [6.45, 7) is 0.384. The molecule has 0 spiro atoms. The summed E-state index contributed by atoms with van der Waals surface area (Å²) in [4.78, 5) is 37.8. The molecule has 3 aromatic rings. The van der Waals surface area contributed by atoms with Crippen LogP contribution in [0.2, 0.25) is 0 Å². The molecule has 0 fully saturated rings. The van der Waals surface area contributed by atoms with E-state index in [0.717, 1.165) is 22.7 Å². The van der Waals surface area contributed by atoms with E-state index in [1.165, 1.54) is 33.6 Å². The lowest BCUT2D eigenvalue weighted by Gasteiger charge is -2.14. The van der Waals surface area contributed by atoms with Crippen molar-refractivity contribution in [3.8, 4) is 0 Å². The zero-order valence-electron chi connectivity index (χ0n) is 14.6. The maximum atomic E-state index is 12.5. The van der Waals surface area contributed by atoms with Crippen LogP contribution in [0.1, 0.15) is 44.0 Å². The summed E-state index contributed by atoms with van der Waals surface area (Å²) in [6, 6.07) is 7.02. The van der Waals surface area contributed by atoms with Gasteiger partial charge in [0.15, 0.2) is 0 Å². The average Bonchev–Trinajstić information content (AvgIpc) is 3.20. The van der Waals surface area contributed by atoms with Crippen molar-refractivity contribution in [3.05, 3.63) is 52.2 Å². The van der Waals surface area contributed by atoms with Crippen molar-refractivity contribution in [3.63, 3.8) is 0 Å². The number of amides is 2. The van der Waals surface area contributed by atoms with Crippen LogP contribution in [-0.2, 0) is 12.8 Å². The van der Waals surface area contributed by atoms with E-state index in [4.69, 9.17) is 0 Å². The zero-order chi connectivity index (χ0) is 18.4. The van der Waals surface area contributed by atoms with Gasteiger partial charge >= 0.3 is 0 Å². The van der Waals surface area contributed by atoms with Crippen molar-refractivity contribution >= 4 is 45.1 Å². The smallest absolute Gasteiger partial charge is 0.261 e. The summed E-state index contributed by atoms with van der Waals surface area (Å²) in [7, 11) is 0. The summed E-state index contributed by atoms with van der Waals surface area (Å²) in [5.41, 5.74) is 2.41. The monoisotopic (exact) mass is 395 g/mol. The first-order valence-corrected chi connectivity index (χ1v) is 10.9. The van der Waals surface area contributed by atoms with Gasteiger partial charge < -0.3 is 0 Å². The summed E-state index contributed by atoms with van der Waals surface area (Å²) >= 11 is 3.39. The van der Waals surface area contributed by atoms with Gasteiger partial charge in [0.25, 0.3) is 11.8 Å². The van der Waals surface area contributed by atoms with Crippen LogP contribution >= 0.6 is 23.1 Å². The maximum Gasteiger partial charge on any atom is 0.261 e. The number of carbonyl (C=O) groups excluding carboxylic acids is 2. The number of imide groups is 1. The second-order valence-corrected chi connectivity index (χ2v) is 8.89. The van der Waals surface area contributed by atoms with Crippen LogP contribution in [-0.4, -0.2) is 39.0 Å². The van der Waals surface area contributed by atoms with Gasteiger partial charge in [0, 0.05) is 22.6 Å². The highest BCUT2D eigenvalue weighted by Crippen LogP contribution is 2.39. The van der Waals surface area contributed by atoms with Crippen molar-refractivity contribution in [2.45, 2.75) is 30.7 Å². The zero-order valence-corrected chi connectivity index (χ0v) is 16.2. The van der Waals surface area contributed by atoms with Gasteiger partial charge in [-0.05, 0) is 43.4 Å². The predicted molar refractivity (Wildman–Crippen MR) is 107 cm³/mol. The molecule has 3 heterocycles. The molecule has 5 nitrogen and oxygen atoms in total. The van der Waals surface area contributed by atoms with E-state index in [1.54, 1.807) is 53.7 Å². The second kappa shape index (κ2) is 6.73. The molecule has 0 atom stereocenters. The molecule has 2 aromatic heterocycles. The molecule has 0 N–H and O–H groups in total. The van der Waals surface area contributed by atoms with Crippen LogP contribution in [0.3, 0.4) is 0 Å². The fourth-order valence-electron chi connectivity index (χ4n) is 3.85. The molecule has 27 heavy (non-hydrogen) atoms. The van der Waals surface area contributed by atoms with Crippen LogP contribution in [0, 0.1) is 0 Å². The summed E-state index contributed by atoms with van der Waals surface area (Å²) in [5.74, 6) is 0.233. The molecule has 2 amide bonds. The van der Waals surface area contributed by atoms with E-state index in [-0.39, 0.29) is 11.8 Å². The van der Waals surface area contributed by atoms with Gasteiger partial charge in [-0.2, -0.15) is 0 Å². The van der Waals surface area contributed by atoms with Gasteiger partial charge in [-0.25, -0.2) is 9.97 Å². The maximum absolute atomic E-state index is 12.5. The molecule has 1 aliphatic heterocycles. The second-order valence-electron chi connectivity index (χ2n) is 6.73. The van der Waals surface area contributed by atoms with Gasteiger partial charge in [0.2, 0.25) is 0 Å². The number of hydrogen-bond acceptors (Lipinski definition) is 6. The van der Waals surface area contributed by atoms with Gasteiger partial charge in [0.05, 0.1) is 11.1 Å². The fourth-order valence-corrected chi connectivity index (χ4v) is 6.09. The van der Waals surface area contributed by atoms with E-state index in [0.29, 0.717) is 23.4 Å². The Bertz CT molecular complexity index is 1040. The number of hydrogen-bond donors (Lipinski definition) is 0.